The van der Waals surface area contributed by atoms with Gasteiger partial charge < -0.3 is 19.4 Å². The number of rotatable bonds is 3. The molecule has 8 heteroatoms. The first-order valence-corrected chi connectivity index (χ1v) is 10.8. The Morgan fingerprint density at radius 2 is 2.07 bits per heavy atom. The lowest BCUT2D eigenvalue weighted by molar-refractivity contribution is 0.0204. The first-order chi connectivity index (χ1) is 13.8. The molecule has 3 aromatic heterocycles. The zero-order chi connectivity index (χ0) is 20.6. The van der Waals surface area contributed by atoms with Gasteiger partial charge in [-0.1, -0.05) is 0 Å². The molecular weight excluding hydrogens is 386 g/mol. The van der Waals surface area contributed by atoms with Crippen LogP contribution in [0.2, 0.25) is 0 Å². The molecule has 7 nitrogen and oxygen atoms in total. The molecule has 0 radical (unpaired) electrons. The fraction of sp³-hybridized carbons (Fsp3) is 0.476. The standard InChI is InChI=1S/C21H27N5O2S/c1-14-12-22-19(29-14)24-18-17-6-5-9-26(17)13-16(23-18)15-7-10-25(11-8-15)20(27)28-21(2,3)4/h5-6,9,12-13,15H,7-8,10-11H2,1-4H3,(H,22,23,24). The Hall–Kier alpha value is -2.61. The fourth-order valence-electron chi connectivity index (χ4n) is 3.55. The maximum Gasteiger partial charge on any atom is 0.410 e. The summed E-state index contributed by atoms with van der Waals surface area (Å²) in [6, 6.07) is 4.06. The molecule has 4 heterocycles. The first-order valence-electron chi connectivity index (χ1n) is 9.93. The SMILES string of the molecule is Cc1cnc(Nc2nc(C3CCN(C(=O)OC(C)(C)C)CC3)cn3cccc23)s1. The molecule has 0 atom stereocenters. The number of aryl methyl sites for hydroxylation is 1. The van der Waals surface area contributed by atoms with Gasteiger partial charge in [0.2, 0.25) is 0 Å². The van der Waals surface area contributed by atoms with Crippen LogP contribution in [0.5, 0.6) is 0 Å². The van der Waals surface area contributed by atoms with Crippen molar-refractivity contribution >= 4 is 33.9 Å². The summed E-state index contributed by atoms with van der Waals surface area (Å²) in [7, 11) is 0. The highest BCUT2D eigenvalue weighted by atomic mass is 32.1. The number of carbonyl (C=O) groups excluding carboxylic acids is 1. The van der Waals surface area contributed by atoms with Crippen molar-refractivity contribution in [3.05, 3.63) is 41.3 Å². The minimum Gasteiger partial charge on any atom is -0.444 e. The zero-order valence-corrected chi connectivity index (χ0v) is 18.1. The van der Waals surface area contributed by atoms with Crippen LogP contribution < -0.4 is 5.32 Å². The van der Waals surface area contributed by atoms with Gasteiger partial charge in [-0.15, -0.1) is 11.3 Å². The summed E-state index contributed by atoms with van der Waals surface area (Å²) in [5.41, 5.74) is 1.59. The van der Waals surface area contributed by atoms with E-state index >= 15 is 0 Å². The van der Waals surface area contributed by atoms with Crippen LogP contribution in [-0.2, 0) is 4.74 Å². The Labute approximate surface area is 174 Å². The third-order valence-corrected chi connectivity index (χ3v) is 5.77. The highest BCUT2D eigenvalue weighted by molar-refractivity contribution is 7.15. The van der Waals surface area contributed by atoms with Crippen LogP contribution >= 0.6 is 11.3 Å². The number of ether oxygens (including phenoxy) is 1. The van der Waals surface area contributed by atoms with E-state index in [-0.39, 0.29) is 6.09 Å². The fourth-order valence-corrected chi connectivity index (χ4v) is 4.22. The summed E-state index contributed by atoms with van der Waals surface area (Å²) in [6.07, 6.45) is 7.50. The largest absolute Gasteiger partial charge is 0.444 e. The molecule has 0 aromatic carbocycles. The van der Waals surface area contributed by atoms with E-state index < -0.39 is 5.60 Å². The number of thiazole rings is 1. The smallest absolute Gasteiger partial charge is 0.410 e. The van der Waals surface area contributed by atoms with Crippen molar-refractivity contribution in [2.75, 3.05) is 18.4 Å². The average Bonchev–Trinajstić information content (AvgIpc) is 3.29. The number of nitrogens with zero attached hydrogens (tertiary/aromatic N) is 4. The monoisotopic (exact) mass is 413 g/mol. The maximum absolute atomic E-state index is 12.3. The van der Waals surface area contributed by atoms with Gasteiger partial charge in [-0.3, -0.25) is 0 Å². The Bertz CT molecular complexity index is 1010. The lowest BCUT2D eigenvalue weighted by atomic mass is 9.94. The summed E-state index contributed by atoms with van der Waals surface area (Å²) in [4.78, 5) is 24.6. The molecule has 29 heavy (non-hydrogen) atoms. The lowest BCUT2D eigenvalue weighted by Crippen LogP contribution is -2.41. The van der Waals surface area contributed by atoms with Gasteiger partial charge in [-0.25, -0.2) is 14.8 Å². The molecule has 0 spiro atoms. The molecule has 1 N–H and O–H groups in total. The Kier molecular flexibility index (Phi) is 5.21. The van der Waals surface area contributed by atoms with E-state index in [1.54, 1.807) is 16.2 Å². The molecular formula is C21H27N5O2S. The molecule has 1 amide bonds. The number of carbonyl (C=O) groups is 1. The van der Waals surface area contributed by atoms with E-state index in [0.29, 0.717) is 19.0 Å². The Morgan fingerprint density at radius 1 is 1.31 bits per heavy atom. The van der Waals surface area contributed by atoms with Crippen molar-refractivity contribution in [1.82, 2.24) is 19.3 Å². The van der Waals surface area contributed by atoms with E-state index in [4.69, 9.17) is 9.72 Å². The molecule has 1 aliphatic rings. The van der Waals surface area contributed by atoms with Gasteiger partial charge in [-0.05, 0) is 52.7 Å². The molecule has 3 aromatic rings. The predicted molar refractivity (Wildman–Crippen MR) is 115 cm³/mol. The Balaban J connectivity index is 1.51. The number of hydrogen-bond donors (Lipinski definition) is 1. The molecule has 154 valence electrons. The highest BCUT2D eigenvalue weighted by Gasteiger charge is 2.28. The third kappa shape index (κ3) is 4.53. The van der Waals surface area contributed by atoms with Gasteiger partial charge in [-0.2, -0.15) is 0 Å². The molecule has 0 unspecified atom stereocenters. The van der Waals surface area contributed by atoms with E-state index in [1.807, 2.05) is 52.2 Å². The van der Waals surface area contributed by atoms with Gasteiger partial charge >= 0.3 is 6.09 Å². The summed E-state index contributed by atoms with van der Waals surface area (Å²) in [5.74, 6) is 1.12. The van der Waals surface area contributed by atoms with Crippen molar-refractivity contribution in [1.29, 1.82) is 0 Å². The number of hydrogen-bond acceptors (Lipinski definition) is 6. The van der Waals surface area contributed by atoms with Gasteiger partial charge in [0.05, 0.1) is 11.2 Å². The number of likely N-dealkylation sites (tertiary alicyclic amines) is 1. The van der Waals surface area contributed by atoms with Crippen LogP contribution in [0.4, 0.5) is 15.7 Å². The second-order valence-electron chi connectivity index (χ2n) is 8.46. The average molecular weight is 414 g/mol. The summed E-state index contributed by atoms with van der Waals surface area (Å²) in [6.45, 7) is 9.09. The number of anilines is 2. The second-order valence-corrected chi connectivity index (χ2v) is 9.69. The molecule has 1 aliphatic heterocycles. The molecule has 0 aliphatic carbocycles. The number of piperidine rings is 1. The van der Waals surface area contributed by atoms with Gasteiger partial charge in [0, 0.05) is 42.5 Å². The first kappa shape index (κ1) is 19.7. The van der Waals surface area contributed by atoms with Crippen LogP contribution in [0.1, 0.15) is 50.1 Å². The molecule has 1 saturated heterocycles. The van der Waals surface area contributed by atoms with Gasteiger partial charge in [0.15, 0.2) is 10.9 Å². The Morgan fingerprint density at radius 3 is 2.72 bits per heavy atom. The molecule has 0 bridgehead atoms. The zero-order valence-electron chi connectivity index (χ0n) is 17.3. The number of fused-ring (bicyclic) bond motifs is 1. The lowest BCUT2D eigenvalue weighted by Gasteiger charge is -2.33. The number of nitrogens with one attached hydrogen (secondary N) is 1. The topological polar surface area (TPSA) is 71.8 Å². The predicted octanol–water partition coefficient (Wildman–Crippen LogP) is 4.96. The van der Waals surface area contributed by atoms with E-state index in [2.05, 4.69) is 20.9 Å². The van der Waals surface area contributed by atoms with E-state index in [9.17, 15) is 4.79 Å². The van der Waals surface area contributed by atoms with Gasteiger partial charge in [0.25, 0.3) is 0 Å². The number of aromatic nitrogens is 3. The molecule has 4 rings (SSSR count). The van der Waals surface area contributed by atoms with Crippen molar-refractivity contribution < 1.29 is 9.53 Å². The van der Waals surface area contributed by atoms with Crippen LogP contribution in [0.15, 0.2) is 30.7 Å². The van der Waals surface area contributed by atoms with Crippen LogP contribution in [0.25, 0.3) is 5.52 Å². The second kappa shape index (κ2) is 7.67. The minimum absolute atomic E-state index is 0.230. The van der Waals surface area contributed by atoms with Crippen molar-refractivity contribution in [3.8, 4) is 0 Å². The molecule has 1 fully saturated rings. The minimum atomic E-state index is -0.469. The summed E-state index contributed by atoms with van der Waals surface area (Å²) < 4.78 is 7.61. The quantitative estimate of drug-likeness (QED) is 0.657. The van der Waals surface area contributed by atoms with Gasteiger partial charge in [0.1, 0.15) is 5.60 Å². The van der Waals surface area contributed by atoms with Crippen molar-refractivity contribution in [2.24, 2.45) is 0 Å². The van der Waals surface area contributed by atoms with Crippen LogP contribution in [-0.4, -0.2) is 44.1 Å². The molecule has 0 saturated carbocycles. The highest BCUT2D eigenvalue weighted by Crippen LogP contribution is 2.31. The number of amides is 1. The van der Waals surface area contributed by atoms with Crippen LogP contribution in [0.3, 0.4) is 0 Å². The van der Waals surface area contributed by atoms with Crippen LogP contribution in [0, 0.1) is 6.92 Å². The van der Waals surface area contributed by atoms with E-state index in [0.717, 1.165) is 39.9 Å². The normalized spacial score (nSPS) is 15.7. The third-order valence-electron chi connectivity index (χ3n) is 4.95. The summed E-state index contributed by atoms with van der Waals surface area (Å²) >= 11 is 1.61. The maximum atomic E-state index is 12.3. The van der Waals surface area contributed by atoms with Crippen molar-refractivity contribution in [3.63, 3.8) is 0 Å². The summed E-state index contributed by atoms with van der Waals surface area (Å²) in [5, 5.41) is 4.22. The van der Waals surface area contributed by atoms with Crippen molar-refractivity contribution in [2.45, 2.75) is 52.1 Å². The van der Waals surface area contributed by atoms with E-state index in [1.165, 1.54) is 0 Å².